The highest BCUT2D eigenvalue weighted by Crippen LogP contribution is 2.01. The van der Waals surface area contributed by atoms with Crippen LogP contribution in [0.5, 0.6) is 0 Å². The Hall–Kier alpha value is -0.910. The molecule has 0 aliphatic carbocycles. The maximum atomic E-state index is 11.2. The summed E-state index contributed by atoms with van der Waals surface area (Å²) in [4.78, 5) is 11.2. The molecule has 0 unspecified atom stereocenters. The highest BCUT2D eigenvalue weighted by Gasteiger charge is 2.05. The molecule has 0 amide bonds. The van der Waals surface area contributed by atoms with Gasteiger partial charge in [0.1, 0.15) is 0 Å². The SMILES string of the molecule is CCC(=CCNCCCOCCO)C(=O)OC. The summed E-state index contributed by atoms with van der Waals surface area (Å²) in [5.74, 6) is -0.263. The van der Waals surface area contributed by atoms with Gasteiger partial charge in [-0.1, -0.05) is 13.0 Å². The van der Waals surface area contributed by atoms with Crippen LogP contribution in [-0.4, -0.2) is 51.1 Å². The van der Waals surface area contributed by atoms with E-state index in [1.54, 1.807) is 0 Å². The summed E-state index contributed by atoms with van der Waals surface area (Å²) in [5, 5.41) is 11.7. The largest absolute Gasteiger partial charge is 0.466 e. The molecule has 0 atom stereocenters. The molecule has 5 heteroatoms. The van der Waals surface area contributed by atoms with Crippen molar-refractivity contribution in [3.8, 4) is 0 Å². The fourth-order valence-electron chi connectivity index (χ4n) is 1.27. The molecule has 0 aliphatic heterocycles. The van der Waals surface area contributed by atoms with Crippen LogP contribution in [0.2, 0.25) is 0 Å². The van der Waals surface area contributed by atoms with Gasteiger partial charge < -0.3 is 19.9 Å². The number of methoxy groups -OCH3 is 1. The first-order chi connectivity index (χ1) is 8.26. The number of rotatable bonds is 10. The average Bonchev–Trinajstić information content (AvgIpc) is 2.36. The van der Waals surface area contributed by atoms with E-state index in [4.69, 9.17) is 9.84 Å². The molecule has 5 nitrogen and oxygen atoms in total. The average molecular weight is 245 g/mol. The summed E-state index contributed by atoms with van der Waals surface area (Å²) in [6.07, 6.45) is 3.40. The lowest BCUT2D eigenvalue weighted by atomic mass is 10.2. The van der Waals surface area contributed by atoms with Crippen LogP contribution < -0.4 is 5.32 Å². The van der Waals surface area contributed by atoms with Crippen LogP contribution in [0.3, 0.4) is 0 Å². The summed E-state index contributed by atoms with van der Waals surface area (Å²) >= 11 is 0. The summed E-state index contributed by atoms with van der Waals surface area (Å²) in [6.45, 7) is 4.48. The van der Waals surface area contributed by atoms with E-state index in [9.17, 15) is 4.79 Å². The van der Waals surface area contributed by atoms with Crippen molar-refractivity contribution in [1.29, 1.82) is 0 Å². The normalized spacial score (nSPS) is 11.6. The van der Waals surface area contributed by atoms with E-state index in [1.807, 2.05) is 13.0 Å². The molecule has 0 saturated carbocycles. The Balaban J connectivity index is 3.53. The van der Waals surface area contributed by atoms with E-state index in [-0.39, 0.29) is 12.6 Å². The Morgan fingerprint density at radius 3 is 2.76 bits per heavy atom. The Bertz CT molecular complexity index is 229. The van der Waals surface area contributed by atoms with Gasteiger partial charge in [0, 0.05) is 18.7 Å². The van der Waals surface area contributed by atoms with Crippen molar-refractivity contribution < 1.29 is 19.4 Å². The molecule has 0 rings (SSSR count). The smallest absolute Gasteiger partial charge is 0.333 e. The first kappa shape index (κ1) is 16.1. The molecule has 0 radical (unpaired) electrons. The fraction of sp³-hybridized carbons (Fsp3) is 0.750. The van der Waals surface area contributed by atoms with E-state index < -0.39 is 0 Å². The van der Waals surface area contributed by atoms with Crippen molar-refractivity contribution >= 4 is 5.97 Å². The maximum Gasteiger partial charge on any atom is 0.333 e. The Morgan fingerprint density at radius 1 is 1.41 bits per heavy atom. The number of aliphatic hydroxyl groups is 1. The van der Waals surface area contributed by atoms with Gasteiger partial charge in [-0.25, -0.2) is 4.79 Å². The predicted octanol–water partition coefficient (Wildman–Crippen LogP) is 0.484. The van der Waals surface area contributed by atoms with Gasteiger partial charge in [0.2, 0.25) is 0 Å². The Kier molecular flexibility index (Phi) is 11.0. The number of aliphatic hydroxyl groups excluding tert-OH is 1. The third-order valence-electron chi connectivity index (χ3n) is 2.20. The van der Waals surface area contributed by atoms with Crippen LogP contribution in [-0.2, 0) is 14.3 Å². The zero-order valence-corrected chi connectivity index (χ0v) is 10.7. The van der Waals surface area contributed by atoms with Gasteiger partial charge in [-0.3, -0.25) is 0 Å². The maximum absolute atomic E-state index is 11.2. The van der Waals surface area contributed by atoms with Crippen molar-refractivity contribution in [2.75, 3.05) is 40.0 Å². The third kappa shape index (κ3) is 8.85. The predicted molar refractivity (Wildman–Crippen MR) is 65.8 cm³/mol. The van der Waals surface area contributed by atoms with E-state index >= 15 is 0 Å². The quantitative estimate of drug-likeness (QED) is 0.333. The number of hydrogen-bond donors (Lipinski definition) is 2. The van der Waals surface area contributed by atoms with Crippen molar-refractivity contribution in [2.45, 2.75) is 19.8 Å². The van der Waals surface area contributed by atoms with E-state index in [1.165, 1.54) is 7.11 Å². The summed E-state index contributed by atoms with van der Waals surface area (Å²) in [7, 11) is 1.39. The van der Waals surface area contributed by atoms with Gasteiger partial charge in [0.05, 0.1) is 20.3 Å². The number of carbonyl (C=O) groups excluding carboxylic acids is 1. The van der Waals surface area contributed by atoms with Gasteiger partial charge in [-0.05, 0) is 19.4 Å². The number of esters is 1. The van der Waals surface area contributed by atoms with Crippen LogP contribution in [0.4, 0.5) is 0 Å². The highest BCUT2D eigenvalue weighted by molar-refractivity contribution is 5.88. The molecule has 17 heavy (non-hydrogen) atoms. The number of nitrogens with one attached hydrogen (secondary N) is 1. The van der Waals surface area contributed by atoms with Crippen LogP contribution in [0.1, 0.15) is 19.8 Å². The van der Waals surface area contributed by atoms with Gasteiger partial charge in [0.25, 0.3) is 0 Å². The number of carbonyl (C=O) groups is 1. The molecular formula is C12H23NO4. The van der Waals surface area contributed by atoms with Crippen molar-refractivity contribution in [3.05, 3.63) is 11.6 Å². The Labute approximate surface area is 103 Å². The fourth-order valence-corrected chi connectivity index (χ4v) is 1.27. The van der Waals surface area contributed by atoms with Crippen molar-refractivity contribution in [3.63, 3.8) is 0 Å². The minimum absolute atomic E-state index is 0.0646. The standard InChI is InChI=1S/C12H23NO4/c1-3-11(12(15)16-2)5-7-13-6-4-9-17-10-8-14/h5,13-14H,3-4,6-10H2,1-2H3. The second-order valence-corrected chi connectivity index (χ2v) is 3.47. The molecule has 0 aromatic heterocycles. The number of ether oxygens (including phenoxy) is 2. The Morgan fingerprint density at radius 2 is 2.18 bits per heavy atom. The molecule has 0 aromatic carbocycles. The summed E-state index contributed by atoms with van der Waals surface area (Å²) in [6, 6.07) is 0. The minimum atomic E-state index is -0.263. The zero-order valence-electron chi connectivity index (χ0n) is 10.7. The van der Waals surface area contributed by atoms with Crippen LogP contribution >= 0.6 is 0 Å². The number of hydrogen-bond acceptors (Lipinski definition) is 5. The second kappa shape index (κ2) is 11.6. The third-order valence-corrected chi connectivity index (χ3v) is 2.20. The molecule has 100 valence electrons. The van der Waals surface area contributed by atoms with Gasteiger partial charge in [-0.2, -0.15) is 0 Å². The van der Waals surface area contributed by atoms with Gasteiger partial charge in [-0.15, -0.1) is 0 Å². The molecule has 0 spiro atoms. The molecule has 0 saturated heterocycles. The second-order valence-electron chi connectivity index (χ2n) is 3.47. The molecule has 0 bridgehead atoms. The molecule has 0 aromatic rings. The van der Waals surface area contributed by atoms with Gasteiger partial charge >= 0.3 is 5.97 Å². The van der Waals surface area contributed by atoms with Gasteiger partial charge in [0.15, 0.2) is 0 Å². The van der Waals surface area contributed by atoms with E-state index in [2.05, 4.69) is 10.1 Å². The molecule has 0 fully saturated rings. The highest BCUT2D eigenvalue weighted by atomic mass is 16.5. The molecule has 0 heterocycles. The first-order valence-electron chi connectivity index (χ1n) is 5.92. The summed E-state index contributed by atoms with van der Waals surface area (Å²) in [5.41, 5.74) is 0.691. The van der Waals surface area contributed by atoms with E-state index in [0.29, 0.717) is 31.8 Å². The lowest BCUT2D eigenvalue weighted by molar-refractivity contribution is -0.136. The molecule has 2 N–H and O–H groups in total. The van der Waals surface area contributed by atoms with Crippen LogP contribution in [0, 0.1) is 0 Å². The van der Waals surface area contributed by atoms with Crippen molar-refractivity contribution in [2.24, 2.45) is 0 Å². The monoisotopic (exact) mass is 245 g/mol. The zero-order chi connectivity index (χ0) is 12.9. The summed E-state index contributed by atoms with van der Waals surface area (Å²) < 4.78 is 9.75. The van der Waals surface area contributed by atoms with Crippen LogP contribution in [0.15, 0.2) is 11.6 Å². The van der Waals surface area contributed by atoms with Crippen LogP contribution in [0.25, 0.3) is 0 Å². The first-order valence-corrected chi connectivity index (χ1v) is 5.92. The van der Waals surface area contributed by atoms with Crippen molar-refractivity contribution in [1.82, 2.24) is 5.32 Å². The minimum Gasteiger partial charge on any atom is -0.466 e. The van der Waals surface area contributed by atoms with E-state index in [0.717, 1.165) is 13.0 Å². The lowest BCUT2D eigenvalue weighted by Crippen LogP contribution is -2.18. The molecule has 0 aliphatic rings. The lowest BCUT2D eigenvalue weighted by Gasteiger charge is -2.04. The topological polar surface area (TPSA) is 67.8 Å². The molecular weight excluding hydrogens is 222 g/mol.